The van der Waals surface area contributed by atoms with Gasteiger partial charge in [-0.2, -0.15) is 0 Å². The van der Waals surface area contributed by atoms with Crippen molar-refractivity contribution < 1.29 is 13.2 Å². The zero-order valence-corrected chi connectivity index (χ0v) is 14.6. The minimum absolute atomic E-state index is 0.277. The molecule has 0 N–H and O–H groups in total. The number of hydrogen-bond donors (Lipinski definition) is 0. The molecule has 3 rings (SSSR count). The average molecular weight is 336 g/mol. The minimum atomic E-state index is -3.52. The molecule has 0 aromatic heterocycles. The van der Waals surface area contributed by atoms with Gasteiger partial charge in [-0.1, -0.05) is 43.2 Å². The van der Waals surface area contributed by atoms with Gasteiger partial charge in [0, 0.05) is 26.6 Å². The SMILES string of the molecule is CN(C)S(=O)(=O)CC(=O)N1C[C@H]2CCCC[C@@]21c1ccccc1. The van der Waals surface area contributed by atoms with Crippen molar-refractivity contribution in [2.75, 3.05) is 26.4 Å². The van der Waals surface area contributed by atoms with E-state index in [9.17, 15) is 13.2 Å². The van der Waals surface area contributed by atoms with Gasteiger partial charge in [-0.25, -0.2) is 12.7 Å². The summed E-state index contributed by atoms with van der Waals surface area (Å²) in [6.45, 7) is 0.677. The molecule has 1 amide bonds. The van der Waals surface area contributed by atoms with Crippen LogP contribution in [0, 0.1) is 5.92 Å². The first-order chi connectivity index (χ1) is 10.9. The molecule has 6 heteroatoms. The van der Waals surface area contributed by atoms with Crippen LogP contribution in [-0.2, 0) is 20.4 Å². The number of rotatable bonds is 4. The predicted molar refractivity (Wildman–Crippen MR) is 89.3 cm³/mol. The van der Waals surface area contributed by atoms with Crippen LogP contribution < -0.4 is 0 Å². The van der Waals surface area contributed by atoms with Crippen LogP contribution in [0.1, 0.15) is 31.2 Å². The molecule has 0 spiro atoms. The predicted octanol–water partition coefficient (Wildman–Crippen LogP) is 1.81. The number of amides is 1. The lowest BCUT2D eigenvalue weighted by molar-refractivity contribution is -0.163. The van der Waals surface area contributed by atoms with E-state index in [2.05, 4.69) is 12.1 Å². The second kappa shape index (κ2) is 5.91. The van der Waals surface area contributed by atoms with Gasteiger partial charge >= 0.3 is 0 Å². The molecule has 1 heterocycles. The highest BCUT2D eigenvalue weighted by Gasteiger charge is 2.57. The molecule has 1 saturated heterocycles. The zero-order valence-electron chi connectivity index (χ0n) is 13.7. The number of likely N-dealkylation sites (tertiary alicyclic amines) is 1. The fourth-order valence-electron chi connectivity index (χ4n) is 4.05. The fraction of sp³-hybridized carbons (Fsp3) is 0.588. The van der Waals surface area contributed by atoms with E-state index in [4.69, 9.17) is 0 Å². The summed E-state index contributed by atoms with van der Waals surface area (Å²) in [5.74, 6) is -0.272. The van der Waals surface area contributed by atoms with Crippen LogP contribution in [0.3, 0.4) is 0 Å². The molecule has 23 heavy (non-hydrogen) atoms. The normalized spacial score (nSPS) is 27.4. The Hall–Kier alpha value is -1.40. The van der Waals surface area contributed by atoms with Gasteiger partial charge in [0.2, 0.25) is 15.9 Å². The summed E-state index contributed by atoms with van der Waals surface area (Å²) in [6, 6.07) is 10.1. The smallest absolute Gasteiger partial charge is 0.239 e. The summed E-state index contributed by atoms with van der Waals surface area (Å²) in [5, 5.41) is 0. The first kappa shape index (κ1) is 16.5. The maximum Gasteiger partial charge on any atom is 0.239 e. The molecule has 1 aliphatic heterocycles. The van der Waals surface area contributed by atoms with Crippen molar-refractivity contribution in [3.05, 3.63) is 35.9 Å². The average Bonchev–Trinajstić information content (AvgIpc) is 2.49. The van der Waals surface area contributed by atoms with Gasteiger partial charge in [-0.3, -0.25) is 4.79 Å². The number of nitrogens with zero attached hydrogens (tertiary/aromatic N) is 2. The van der Waals surface area contributed by atoms with Crippen LogP contribution in [0.5, 0.6) is 0 Å². The molecular formula is C17H24N2O3S. The molecule has 0 bridgehead atoms. The third kappa shape index (κ3) is 2.68. The van der Waals surface area contributed by atoms with Gasteiger partial charge in [0.15, 0.2) is 0 Å². The Bertz CT molecular complexity index is 687. The van der Waals surface area contributed by atoms with Crippen molar-refractivity contribution in [3.63, 3.8) is 0 Å². The fourth-order valence-corrected chi connectivity index (χ4v) is 4.77. The molecule has 2 atom stereocenters. The Labute approximate surface area is 138 Å². The quantitative estimate of drug-likeness (QED) is 0.842. The topological polar surface area (TPSA) is 57.7 Å². The summed E-state index contributed by atoms with van der Waals surface area (Å²) >= 11 is 0. The van der Waals surface area contributed by atoms with E-state index in [-0.39, 0.29) is 11.4 Å². The molecular weight excluding hydrogens is 312 g/mol. The third-order valence-electron chi connectivity index (χ3n) is 5.36. The van der Waals surface area contributed by atoms with E-state index in [1.807, 2.05) is 23.1 Å². The van der Waals surface area contributed by atoms with E-state index in [1.54, 1.807) is 0 Å². The standard InChI is InChI=1S/C17H24N2O3S/c1-18(2)23(21,22)13-16(20)19-12-15-10-6-7-11-17(15,19)14-8-4-3-5-9-14/h3-5,8-9,15H,6-7,10-13H2,1-2H3/t15-,17-/m1/s1. The highest BCUT2D eigenvalue weighted by atomic mass is 32.2. The van der Waals surface area contributed by atoms with Gasteiger partial charge in [0.25, 0.3) is 0 Å². The molecule has 1 aromatic carbocycles. The Morgan fingerprint density at radius 1 is 1.26 bits per heavy atom. The van der Waals surface area contributed by atoms with Crippen LogP contribution in [0.4, 0.5) is 0 Å². The highest BCUT2D eigenvalue weighted by Crippen LogP contribution is 2.53. The first-order valence-electron chi connectivity index (χ1n) is 8.14. The van der Waals surface area contributed by atoms with Gasteiger partial charge in [-0.15, -0.1) is 0 Å². The van der Waals surface area contributed by atoms with Crippen molar-refractivity contribution in [2.24, 2.45) is 5.92 Å². The summed E-state index contributed by atoms with van der Waals surface area (Å²) in [5.41, 5.74) is 0.852. The maximum absolute atomic E-state index is 12.7. The van der Waals surface area contributed by atoms with Crippen molar-refractivity contribution in [3.8, 4) is 0 Å². The molecule has 1 aromatic rings. The lowest BCUT2D eigenvalue weighted by Gasteiger charge is -2.61. The Balaban J connectivity index is 1.89. The van der Waals surface area contributed by atoms with Crippen molar-refractivity contribution in [1.29, 1.82) is 0 Å². The van der Waals surface area contributed by atoms with Gasteiger partial charge in [0.05, 0.1) is 5.54 Å². The first-order valence-corrected chi connectivity index (χ1v) is 9.75. The minimum Gasteiger partial charge on any atom is -0.331 e. The van der Waals surface area contributed by atoms with E-state index in [0.29, 0.717) is 12.5 Å². The number of sulfonamides is 1. The molecule has 2 fully saturated rings. The number of benzene rings is 1. The van der Waals surface area contributed by atoms with Crippen LogP contribution in [0.15, 0.2) is 30.3 Å². The van der Waals surface area contributed by atoms with Crippen LogP contribution in [0.2, 0.25) is 0 Å². The molecule has 0 unspecified atom stereocenters. The monoisotopic (exact) mass is 336 g/mol. The Morgan fingerprint density at radius 2 is 1.96 bits per heavy atom. The number of fused-ring (bicyclic) bond motifs is 1. The van der Waals surface area contributed by atoms with Crippen molar-refractivity contribution in [2.45, 2.75) is 31.2 Å². The molecule has 1 aliphatic carbocycles. The highest BCUT2D eigenvalue weighted by molar-refractivity contribution is 7.89. The molecule has 1 saturated carbocycles. The lowest BCUT2D eigenvalue weighted by atomic mass is 9.61. The van der Waals surface area contributed by atoms with E-state index >= 15 is 0 Å². The number of hydrogen-bond acceptors (Lipinski definition) is 3. The molecule has 0 radical (unpaired) electrons. The number of carbonyl (C=O) groups is 1. The van der Waals surface area contributed by atoms with Gasteiger partial charge in [-0.05, 0) is 18.4 Å². The maximum atomic E-state index is 12.7. The summed E-state index contributed by atoms with van der Waals surface area (Å²) in [7, 11) is -0.589. The third-order valence-corrected chi connectivity index (χ3v) is 7.08. The van der Waals surface area contributed by atoms with Gasteiger partial charge < -0.3 is 4.90 Å². The number of carbonyl (C=O) groups excluding carboxylic acids is 1. The van der Waals surface area contributed by atoms with Crippen LogP contribution in [-0.4, -0.2) is 49.9 Å². The summed E-state index contributed by atoms with van der Waals surface area (Å²) in [6.07, 6.45) is 4.31. The van der Waals surface area contributed by atoms with E-state index in [0.717, 1.165) is 29.1 Å². The molecule has 2 aliphatic rings. The van der Waals surface area contributed by atoms with Crippen molar-refractivity contribution >= 4 is 15.9 Å². The molecule has 126 valence electrons. The largest absolute Gasteiger partial charge is 0.331 e. The Morgan fingerprint density at radius 3 is 2.57 bits per heavy atom. The zero-order chi connectivity index (χ0) is 16.7. The summed E-state index contributed by atoms with van der Waals surface area (Å²) in [4.78, 5) is 14.5. The molecule has 5 nitrogen and oxygen atoms in total. The van der Waals surface area contributed by atoms with Crippen LogP contribution >= 0.6 is 0 Å². The van der Waals surface area contributed by atoms with Crippen molar-refractivity contribution in [1.82, 2.24) is 9.21 Å². The van der Waals surface area contributed by atoms with Crippen LogP contribution in [0.25, 0.3) is 0 Å². The lowest BCUT2D eigenvalue weighted by Crippen LogP contribution is -2.68. The second-order valence-electron chi connectivity index (χ2n) is 6.78. The Kier molecular flexibility index (Phi) is 4.23. The van der Waals surface area contributed by atoms with E-state index < -0.39 is 15.8 Å². The summed E-state index contributed by atoms with van der Waals surface area (Å²) < 4.78 is 25.3. The van der Waals surface area contributed by atoms with E-state index in [1.165, 1.54) is 20.5 Å². The van der Waals surface area contributed by atoms with Gasteiger partial charge in [0.1, 0.15) is 5.75 Å². The second-order valence-corrected chi connectivity index (χ2v) is 8.96.